The van der Waals surface area contributed by atoms with Gasteiger partial charge in [-0.2, -0.15) is 0 Å². The van der Waals surface area contributed by atoms with Crippen molar-refractivity contribution in [2.24, 2.45) is 11.1 Å². The molecule has 0 radical (unpaired) electrons. The van der Waals surface area contributed by atoms with Gasteiger partial charge in [-0.3, -0.25) is 4.90 Å². The maximum absolute atomic E-state index is 5.69. The summed E-state index contributed by atoms with van der Waals surface area (Å²) in [5.74, 6) is 0. The van der Waals surface area contributed by atoms with E-state index in [0.29, 0.717) is 5.41 Å². The molecule has 2 rings (SSSR count). The van der Waals surface area contributed by atoms with Gasteiger partial charge >= 0.3 is 0 Å². The highest BCUT2D eigenvalue weighted by atomic mass is 15.1. The number of likely N-dealkylation sites (tertiary alicyclic amines) is 1. The van der Waals surface area contributed by atoms with Crippen LogP contribution in [0.5, 0.6) is 0 Å². The van der Waals surface area contributed by atoms with E-state index < -0.39 is 0 Å². The Hall–Kier alpha value is -0.860. The van der Waals surface area contributed by atoms with Crippen molar-refractivity contribution < 1.29 is 0 Å². The molecule has 1 aromatic carbocycles. The summed E-state index contributed by atoms with van der Waals surface area (Å²) in [7, 11) is 0. The van der Waals surface area contributed by atoms with Crippen molar-refractivity contribution in [1.29, 1.82) is 0 Å². The molecule has 1 aliphatic heterocycles. The summed E-state index contributed by atoms with van der Waals surface area (Å²) in [4.78, 5) is 2.60. The van der Waals surface area contributed by atoms with Crippen molar-refractivity contribution in [3.05, 3.63) is 35.4 Å². The molecule has 0 atom stereocenters. The van der Waals surface area contributed by atoms with Crippen LogP contribution in [0.15, 0.2) is 24.3 Å². The van der Waals surface area contributed by atoms with Gasteiger partial charge in [-0.15, -0.1) is 0 Å². The highest BCUT2D eigenvalue weighted by molar-refractivity contribution is 5.27. The van der Waals surface area contributed by atoms with Crippen LogP contribution in [0.1, 0.15) is 37.8 Å². The minimum absolute atomic E-state index is 0.473. The summed E-state index contributed by atoms with van der Waals surface area (Å²) in [6, 6.07) is 8.74. The molecule has 1 aromatic rings. The van der Waals surface area contributed by atoms with Gasteiger partial charge < -0.3 is 5.73 Å². The number of benzene rings is 1. The van der Waals surface area contributed by atoms with Crippen molar-refractivity contribution in [3.63, 3.8) is 0 Å². The van der Waals surface area contributed by atoms with Gasteiger partial charge in [0, 0.05) is 13.1 Å². The molecule has 0 amide bonds. The van der Waals surface area contributed by atoms with E-state index in [0.717, 1.165) is 19.5 Å². The molecule has 1 aliphatic rings. The van der Waals surface area contributed by atoms with Crippen LogP contribution < -0.4 is 5.73 Å². The molecule has 0 spiro atoms. The molecule has 0 bridgehead atoms. The Labute approximate surface area is 111 Å². The lowest BCUT2D eigenvalue weighted by molar-refractivity contribution is 0.111. The Bertz CT molecular complexity index is 384. The van der Waals surface area contributed by atoms with Crippen LogP contribution in [0.25, 0.3) is 0 Å². The van der Waals surface area contributed by atoms with E-state index in [-0.39, 0.29) is 0 Å². The van der Waals surface area contributed by atoms with Crippen molar-refractivity contribution in [3.8, 4) is 0 Å². The molecule has 1 heterocycles. The summed E-state index contributed by atoms with van der Waals surface area (Å²) in [6.45, 7) is 9.03. The predicted octanol–water partition coefficient (Wildman–Crippen LogP) is 2.81. The molecule has 2 N–H and O–H groups in total. The van der Waals surface area contributed by atoms with Crippen LogP contribution in [0, 0.1) is 5.41 Å². The standard InChI is InChI=1S/C16H26N2/c1-16(2)9-5-11-18(13-16)12-15-7-4-3-6-14(15)8-10-17/h3-4,6-7H,5,8-13,17H2,1-2H3. The Morgan fingerprint density at radius 2 is 1.94 bits per heavy atom. The van der Waals surface area contributed by atoms with E-state index in [4.69, 9.17) is 5.73 Å². The molecule has 1 fully saturated rings. The monoisotopic (exact) mass is 246 g/mol. The third-order valence-corrected chi connectivity index (χ3v) is 3.91. The number of nitrogens with zero attached hydrogens (tertiary/aromatic N) is 1. The first-order valence-corrected chi connectivity index (χ1v) is 7.10. The fourth-order valence-corrected chi connectivity index (χ4v) is 3.03. The Kier molecular flexibility index (Phi) is 4.41. The summed E-state index contributed by atoms with van der Waals surface area (Å²) in [5, 5.41) is 0. The van der Waals surface area contributed by atoms with Gasteiger partial charge in [-0.25, -0.2) is 0 Å². The predicted molar refractivity (Wildman–Crippen MR) is 77.5 cm³/mol. The second-order valence-electron chi connectivity index (χ2n) is 6.29. The van der Waals surface area contributed by atoms with Gasteiger partial charge in [0.2, 0.25) is 0 Å². The second-order valence-corrected chi connectivity index (χ2v) is 6.29. The summed E-state index contributed by atoms with van der Waals surface area (Å²) < 4.78 is 0. The third-order valence-electron chi connectivity index (χ3n) is 3.91. The number of hydrogen-bond donors (Lipinski definition) is 1. The molecule has 0 unspecified atom stereocenters. The highest BCUT2D eigenvalue weighted by Crippen LogP contribution is 2.29. The zero-order valence-corrected chi connectivity index (χ0v) is 11.8. The lowest BCUT2D eigenvalue weighted by Crippen LogP contribution is -2.39. The van der Waals surface area contributed by atoms with Crippen LogP contribution in [-0.4, -0.2) is 24.5 Å². The van der Waals surface area contributed by atoms with Crippen LogP contribution in [0.2, 0.25) is 0 Å². The van der Waals surface area contributed by atoms with Crippen molar-refractivity contribution in [2.45, 2.75) is 39.7 Å². The van der Waals surface area contributed by atoms with Gasteiger partial charge in [0.05, 0.1) is 0 Å². The average Bonchev–Trinajstić information content (AvgIpc) is 2.31. The van der Waals surface area contributed by atoms with E-state index >= 15 is 0 Å². The maximum atomic E-state index is 5.69. The van der Waals surface area contributed by atoms with Gasteiger partial charge in [0.25, 0.3) is 0 Å². The lowest BCUT2D eigenvalue weighted by atomic mass is 9.84. The topological polar surface area (TPSA) is 29.3 Å². The van der Waals surface area contributed by atoms with Crippen molar-refractivity contribution in [1.82, 2.24) is 4.90 Å². The van der Waals surface area contributed by atoms with E-state index in [1.807, 2.05) is 0 Å². The minimum Gasteiger partial charge on any atom is -0.330 e. The van der Waals surface area contributed by atoms with Gasteiger partial charge in [0.15, 0.2) is 0 Å². The summed E-state index contributed by atoms with van der Waals surface area (Å²) in [5.41, 5.74) is 9.04. The lowest BCUT2D eigenvalue weighted by Gasteiger charge is -2.38. The fourth-order valence-electron chi connectivity index (χ4n) is 3.03. The van der Waals surface area contributed by atoms with Gasteiger partial charge in [0.1, 0.15) is 0 Å². The molecule has 2 nitrogen and oxygen atoms in total. The van der Waals surface area contributed by atoms with E-state index in [2.05, 4.69) is 43.0 Å². The zero-order valence-electron chi connectivity index (χ0n) is 11.8. The van der Waals surface area contributed by atoms with Crippen molar-refractivity contribution >= 4 is 0 Å². The van der Waals surface area contributed by atoms with E-state index in [1.54, 1.807) is 0 Å². The molecule has 1 saturated heterocycles. The Balaban J connectivity index is 2.04. The SMILES string of the molecule is CC1(C)CCCN(Cc2ccccc2CCN)C1. The Morgan fingerprint density at radius 1 is 1.22 bits per heavy atom. The average molecular weight is 246 g/mol. The molecular formula is C16H26N2. The molecule has 0 saturated carbocycles. The normalized spacial score (nSPS) is 19.9. The van der Waals surface area contributed by atoms with Crippen LogP contribution in [0.4, 0.5) is 0 Å². The summed E-state index contributed by atoms with van der Waals surface area (Å²) >= 11 is 0. The first-order chi connectivity index (χ1) is 8.61. The quantitative estimate of drug-likeness (QED) is 0.885. The van der Waals surface area contributed by atoms with E-state index in [1.165, 1.54) is 37.1 Å². The van der Waals surface area contributed by atoms with Crippen molar-refractivity contribution in [2.75, 3.05) is 19.6 Å². The number of rotatable bonds is 4. The zero-order chi connectivity index (χ0) is 13.0. The molecule has 0 aromatic heterocycles. The maximum Gasteiger partial charge on any atom is 0.0236 e. The highest BCUT2D eigenvalue weighted by Gasteiger charge is 2.26. The molecule has 18 heavy (non-hydrogen) atoms. The minimum atomic E-state index is 0.473. The molecule has 2 heteroatoms. The van der Waals surface area contributed by atoms with Gasteiger partial charge in [-0.1, -0.05) is 38.1 Å². The van der Waals surface area contributed by atoms with Crippen LogP contribution in [-0.2, 0) is 13.0 Å². The first kappa shape index (κ1) is 13.6. The molecule has 100 valence electrons. The molecule has 0 aliphatic carbocycles. The number of nitrogens with two attached hydrogens (primary N) is 1. The third kappa shape index (κ3) is 3.56. The number of hydrogen-bond acceptors (Lipinski definition) is 2. The Morgan fingerprint density at radius 3 is 2.61 bits per heavy atom. The largest absolute Gasteiger partial charge is 0.330 e. The fraction of sp³-hybridized carbons (Fsp3) is 0.625. The smallest absolute Gasteiger partial charge is 0.0236 e. The van der Waals surface area contributed by atoms with Crippen LogP contribution >= 0.6 is 0 Å². The first-order valence-electron chi connectivity index (χ1n) is 7.10. The van der Waals surface area contributed by atoms with E-state index in [9.17, 15) is 0 Å². The number of piperidine rings is 1. The van der Waals surface area contributed by atoms with Gasteiger partial charge in [-0.05, 0) is 48.9 Å². The molecular weight excluding hydrogens is 220 g/mol. The summed E-state index contributed by atoms with van der Waals surface area (Å²) in [6.07, 6.45) is 3.67. The second kappa shape index (κ2) is 5.85. The van der Waals surface area contributed by atoms with Crippen LogP contribution in [0.3, 0.4) is 0 Å².